The van der Waals surface area contributed by atoms with E-state index in [2.05, 4.69) is 0 Å². The van der Waals surface area contributed by atoms with Gasteiger partial charge in [-0.2, -0.15) is 13.2 Å². The second-order valence-electron chi connectivity index (χ2n) is 4.33. The summed E-state index contributed by atoms with van der Waals surface area (Å²) >= 11 is 0. The zero-order valence-corrected chi connectivity index (χ0v) is 11.5. The van der Waals surface area contributed by atoms with Crippen LogP contribution < -0.4 is 5.73 Å². The summed E-state index contributed by atoms with van der Waals surface area (Å²) in [7, 11) is 0. The fourth-order valence-electron chi connectivity index (χ4n) is 1.64. The molecule has 0 amide bonds. The molecule has 5 N–H and O–H groups in total. The predicted molar refractivity (Wildman–Crippen MR) is 74.3 cm³/mol. The molecule has 0 spiro atoms. The van der Waals surface area contributed by atoms with Gasteiger partial charge in [0.1, 0.15) is 12.4 Å². The zero-order valence-electron chi connectivity index (χ0n) is 11.5. The number of nitrogens with zero attached hydrogens (tertiary/aromatic N) is 1. The van der Waals surface area contributed by atoms with E-state index in [-0.39, 0.29) is 12.4 Å². The first kappa shape index (κ1) is 18.0. The molecule has 0 saturated carbocycles. The van der Waals surface area contributed by atoms with Crippen LogP contribution in [0, 0.1) is 5.41 Å². The van der Waals surface area contributed by atoms with Gasteiger partial charge in [-0.05, 0) is 17.5 Å². The minimum absolute atomic E-state index is 0.0232. The van der Waals surface area contributed by atoms with E-state index in [9.17, 15) is 18.0 Å². The molecule has 10 heteroatoms. The molecule has 23 heavy (non-hydrogen) atoms. The SMILES string of the molecule is N=C(N)c1ccc2ccn(CC(=O)O)c2c1.O=C(O)C(F)(F)F. The fraction of sp³-hybridized carbons (Fsp3) is 0.154. The van der Waals surface area contributed by atoms with Crippen molar-refractivity contribution >= 4 is 28.7 Å². The van der Waals surface area contributed by atoms with Crippen LogP contribution in [0.25, 0.3) is 10.9 Å². The van der Waals surface area contributed by atoms with E-state index in [0.717, 1.165) is 10.9 Å². The molecular weight excluding hydrogens is 319 g/mol. The summed E-state index contributed by atoms with van der Waals surface area (Å²) in [6, 6.07) is 7.13. The Kier molecular flexibility index (Phi) is 5.34. The van der Waals surface area contributed by atoms with Crippen LogP contribution in [0.5, 0.6) is 0 Å². The molecule has 2 rings (SSSR count). The highest BCUT2D eigenvalue weighted by atomic mass is 19.4. The smallest absolute Gasteiger partial charge is 0.480 e. The summed E-state index contributed by atoms with van der Waals surface area (Å²) in [6.45, 7) is -0.0924. The summed E-state index contributed by atoms with van der Waals surface area (Å²) in [5.41, 5.74) is 6.75. The monoisotopic (exact) mass is 331 g/mol. The van der Waals surface area contributed by atoms with Crippen molar-refractivity contribution in [2.45, 2.75) is 12.7 Å². The normalized spacial score (nSPS) is 10.7. The van der Waals surface area contributed by atoms with Crippen LogP contribution in [0.2, 0.25) is 0 Å². The van der Waals surface area contributed by atoms with E-state index in [1.165, 1.54) is 0 Å². The number of carboxylic acids is 2. The summed E-state index contributed by atoms with van der Waals surface area (Å²) in [5, 5.41) is 24.1. The van der Waals surface area contributed by atoms with Crippen molar-refractivity contribution in [3.05, 3.63) is 36.0 Å². The number of hydrogen-bond donors (Lipinski definition) is 4. The molecule has 7 nitrogen and oxygen atoms in total. The van der Waals surface area contributed by atoms with Gasteiger partial charge < -0.3 is 20.5 Å². The number of hydrogen-bond acceptors (Lipinski definition) is 3. The van der Waals surface area contributed by atoms with Gasteiger partial charge >= 0.3 is 18.1 Å². The van der Waals surface area contributed by atoms with Gasteiger partial charge in [0.25, 0.3) is 0 Å². The van der Waals surface area contributed by atoms with E-state index < -0.39 is 18.1 Å². The number of halogens is 3. The van der Waals surface area contributed by atoms with Gasteiger partial charge in [-0.3, -0.25) is 10.2 Å². The molecule has 1 heterocycles. The highest BCUT2D eigenvalue weighted by Crippen LogP contribution is 2.17. The van der Waals surface area contributed by atoms with Crippen molar-refractivity contribution < 1.29 is 33.0 Å². The van der Waals surface area contributed by atoms with Gasteiger partial charge in [0.2, 0.25) is 0 Å². The number of fused-ring (bicyclic) bond motifs is 1. The second-order valence-corrected chi connectivity index (χ2v) is 4.33. The van der Waals surface area contributed by atoms with E-state index in [1.54, 1.807) is 22.9 Å². The van der Waals surface area contributed by atoms with Gasteiger partial charge in [0.05, 0.1) is 0 Å². The summed E-state index contributed by atoms with van der Waals surface area (Å²) in [6.07, 6.45) is -3.37. The maximum absolute atomic E-state index is 10.6. The van der Waals surface area contributed by atoms with Crippen molar-refractivity contribution in [2.24, 2.45) is 5.73 Å². The summed E-state index contributed by atoms with van der Waals surface area (Å²) in [5.74, 6) is -3.68. The standard InChI is InChI=1S/C11H11N3O2.C2HF3O2/c12-11(13)8-2-1-7-3-4-14(6-10(15)16)9(7)5-8;3-2(4,5)1(6)7/h1-5H,6H2,(H3,12,13)(H,15,16);(H,6,7). The number of carbonyl (C=O) groups is 2. The number of aromatic nitrogens is 1. The Bertz CT molecular complexity index is 752. The number of amidine groups is 1. The number of benzene rings is 1. The third-order valence-electron chi connectivity index (χ3n) is 2.63. The van der Waals surface area contributed by atoms with Crippen molar-refractivity contribution in [1.82, 2.24) is 4.57 Å². The van der Waals surface area contributed by atoms with Crippen LogP contribution in [-0.2, 0) is 16.1 Å². The minimum atomic E-state index is -5.08. The van der Waals surface area contributed by atoms with Crippen molar-refractivity contribution in [3.63, 3.8) is 0 Å². The van der Waals surface area contributed by atoms with E-state index in [0.29, 0.717) is 5.56 Å². The minimum Gasteiger partial charge on any atom is -0.480 e. The first-order valence-corrected chi connectivity index (χ1v) is 5.97. The molecule has 1 aromatic carbocycles. The van der Waals surface area contributed by atoms with Crippen LogP contribution >= 0.6 is 0 Å². The molecule has 0 radical (unpaired) electrons. The van der Waals surface area contributed by atoms with Crippen molar-refractivity contribution in [3.8, 4) is 0 Å². The fourth-order valence-corrected chi connectivity index (χ4v) is 1.64. The molecule has 0 fully saturated rings. The maximum atomic E-state index is 10.6. The predicted octanol–water partition coefficient (Wildman–Crippen LogP) is 1.64. The Morgan fingerprint density at radius 3 is 2.22 bits per heavy atom. The first-order chi connectivity index (χ1) is 10.5. The van der Waals surface area contributed by atoms with Crippen molar-refractivity contribution in [1.29, 1.82) is 5.41 Å². The lowest BCUT2D eigenvalue weighted by molar-refractivity contribution is -0.192. The molecule has 0 aliphatic rings. The maximum Gasteiger partial charge on any atom is 0.490 e. The third-order valence-corrected chi connectivity index (χ3v) is 2.63. The number of alkyl halides is 3. The Balaban J connectivity index is 0.000000322. The molecule has 0 unspecified atom stereocenters. The van der Waals surface area contributed by atoms with Crippen LogP contribution in [0.4, 0.5) is 13.2 Å². The number of nitrogen functional groups attached to an aromatic ring is 1. The Labute approximate surface area is 127 Å². The number of nitrogens with one attached hydrogen (secondary N) is 1. The van der Waals surface area contributed by atoms with Crippen LogP contribution in [0.1, 0.15) is 5.56 Å². The number of carboxylic acid groups (broad SMARTS) is 2. The number of aliphatic carboxylic acids is 2. The molecule has 124 valence electrons. The lowest BCUT2D eigenvalue weighted by Gasteiger charge is -2.03. The van der Waals surface area contributed by atoms with Crippen LogP contribution in [0.3, 0.4) is 0 Å². The van der Waals surface area contributed by atoms with E-state index in [4.69, 9.17) is 26.2 Å². The average molecular weight is 331 g/mol. The Morgan fingerprint density at radius 1 is 1.22 bits per heavy atom. The zero-order chi connectivity index (χ0) is 17.8. The van der Waals surface area contributed by atoms with Crippen molar-refractivity contribution in [2.75, 3.05) is 0 Å². The molecule has 0 bridgehead atoms. The number of nitrogens with two attached hydrogens (primary N) is 1. The lowest BCUT2D eigenvalue weighted by atomic mass is 10.1. The quantitative estimate of drug-likeness (QED) is 0.502. The molecule has 1 aromatic heterocycles. The van der Waals surface area contributed by atoms with Crippen LogP contribution in [-0.4, -0.2) is 38.7 Å². The molecule has 0 aliphatic carbocycles. The largest absolute Gasteiger partial charge is 0.490 e. The molecule has 2 aromatic rings. The van der Waals surface area contributed by atoms with Gasteiger partial charge in [-0.25, -0.2) is 4.79 Å². The van der Waals surface area contributed by atoms with Crippen LogP contribution in [0.15, 0.2) is 30.5 Å². The van der Waals surface area contributed by atoms with E-state index >= 15 is 0 Å². The topological polar surface area (TPSA) is 129 Å². The molecule has 0 aliphatic heterocycles. The van der Waals surface area contributed by atoms with Gasteiger partial charge in [0, 0.05) is 17.3 Å². The average Bonchev–Trinajstić information content (AvgIpc) is 2.80. The Morgan fingerprint density at radius 2 is 1.78 bits per heavy atom. The molecule has 0 atom stereocenters. The Hall–Kier alpha value is -3.04. The molecule has 0 saturated heterocycles. The first-order valence-electron chi connectivity index (χ1n) is 5.97. The highest BCUT2D eigenvalue weighted by molar-refractivity contribution is 5.98. The molecular formula is C13H12F3N3O4. The third kappa shape index (κ3) is 5.02. The summed E-state index contributed by atoms with van der Waals surface area (Å²) in [4.78, 5) is 19.5. The summed E-state index contributed by atoms with van der Waals surface area (Å²) < 4.78 is 33.4. The van der Waals surface area contributed by atoms with Gasteiger partial charge in [-0.1, -0.05) is 12.1 Å². The van der Waals surface area contributed by atoms with Gasteiger partial charge in [-0.15, -0.1) is 0 Å². The lowest BCUT2D eigenvalue weighted by Crippen LogP contribution is -2.21. The second kappa shape index (κ2) is 6.81. The van der Waals surface area contributed by atoms with E-state index in [1.807, 2.05) is 12.1 Å². The van der Waals surface area contributed by atoms with Gasteiger partial charge in [0.15, 0.2) is 0 Å². The number of rotatable bonds is 3. The highest BCUT2D eigenvalue weighted by Gasteiger charge is 2.38.